The summed E-state index contributed by atoms with van der Waals surface area (Å²) in [6.45, 7) is 3.80. The number of nitrogens with one attached hydrogen (secondary N) is 2. The van der Waals surface area contributed by atoms with Crippen molar-refractivity contribution in [3.05, 3.63) is 77.3 Å². The number of benzene rings is 1. The molecule has 2 aromatic heterocycles. The molecule has 1 saturated heterocycles. The molecule has 0 spiro atoms. The fraction of sp³-hybridized carbons (Fsp3) is 0.320. The van der Waals surface area contributed by atoms with E-state index in [0.29, 0.717) is 33.3 Å². The maximum atomic E-state index is 13.2. The second-order valence-corrected chi connectivity index (χ2v) is 9.23. The number of carbonyl (C=O) groups is 1. The molecule has 1 atom stereocenters. The van der Waals surface area contributed by atoms with Crippen molar-refractivity contribution in [2.45, 2.75) is 43.7 Å². The van der Waals surface area contributed by atoms with Crippen LogP contribution in [0, 0.1) is 12.3 Å². The summed E-state index contributed by atoms with van der Waals surface area (Å²) < 4.78 is 8.13. The first-order valence-corrected chi connectivity index (χ1v) is 11.9. The molecule has 3 N–H and O–H groups in total. The lowest BCUT2D eigenvalue weighted by Gasteiger charge is -2.23. The first kappa shape index (κ1) is 23.1. The number of hydrogen-bond donors (Lipinski definition) is 3. The zero-order valence-corrected chi connectivity index (χ0v) is 19.4. The molecule has 1 unspecified atom stereocenters. The lowest BCUT2D eigenvalue weighted by atomic mass is 9.97. The van der Waals surface area contributed by atoms with E-state index in [4.69, 9.17) is 9.83 Å². The number of amides is 1. The summed E-state index contributed by atoms with van der Waals surface area (Å²) in [6.07, 6.45) is 7.08. The number of phenolic OH excluding ortho intramolecular Hbond substituents is 1. The summed E-state index contributed by atoms with van der Waals surface area (Å²) in [4.78, 5) is 17.3. The van der Waals surface area contributed by atoms with Crippen molar-refractivity contribution in [1.82, 2.24) is 14.6 Å². The Hall–Kier alpha value is -3.10. The number of aromatic hydroxyl groups is 1. The molecule has 1 aromatic carbocycles. The number of piperidine rings is 1. The highest BCUT2D eigenvalue weighted by molar-refractivity contribution is 7.96. The van der Waals surface area contributed by atoms with Gasteiger partial charge >= 0.3 is 0 Å². The van der Waals surface area contributed by atoms with Crippen LogP contribution in [0.3, 0.4) is 0 Å². The quantitative estimate of drug-likeness (QED) is 0.316. The molecule has 4 rings (SSSR count). The molecule has 1 amide bonds. The van der Waals surface area contributed by atoms with E-state index in [1.54, 1.807) is 67.7 Å². The minimum atomic E-state index is -0.584. The number of hydrogen-bond acceptors (Lipinski definition) is 7. The predicted octanol–water partition coefficient (Wildman–Crippen LogP) is 5.11. The number of furan rings is 1. The molecule has 1 aliphatic heterocycles. The molecular formula is C25H28N4O3S. The molecular weight excluding hydrogens is 436 g/mol. The van der Waals surface area contributed by atoms with Crippen molar-refractivity contribution in [2.75, 3.05) is 13.1 Å². The average Bonchev–Trinajstić information content (AvgIpc) is 3.20. The number of nitrogens with zero attached hydrogens (tertiary/aromatic N) is 2. The Morgan fingerprint density at radius 2 is 2.03 bits per heavy atom. The van der Waals surface area contributed by atoms with Gasteiger partial charge in [-0.15, -0.1) is 0 Å². The van der Waals surface area contributed by atoms with Crippen molar-refractivity contribution < 1.29 is 14.3 Å². The van der Waals surface area contributed by atoms with Gasteiger partial charge < -0.3 is 20.2 Å². The van der Waals surface area contributed by atoms with Crippen LogP contribution >= 0.6 is 11.9 Å². The van der Waals surface area contributed by atoms with Crippen molar-refractivity contribution in [1.29, 1.82) is 5.41 Å². The molecule has 7 nitrogen and oxygen atoms in total. The fourth-order valence-corrected chi connectivity index (χ4v) is 4.96. The minimum absolute atomic E-state index is 0.0760. The summed E-state index contributed by atoms with van der Waals surface area (Å²) in [6, 6.07) is 11.6. The van der Waals surface area contributed by atoms with Crippen LogP contribution in [0.15, 0.2) is 64.4 Å². The van der Waals surface area contributed by atoms with Crippen LogP contribution in [0.4, 0.5) is 0 Å². The number of phenols is 1. The Morgan fingerprint density at radius 3 is 2.76 bits per heavy atom. The number of carbonyl (C=O) groups excluding carboxylic acids is 1. The number of pyridine rings is 1. The molecule has 3 heterocycles. The first-order valence-electron chi connectivity index (χ1n) is 11.1. The Balaban J connectivity index is 1.52. The van der Waals surface area contributed by atoms with Gasteiger partial charge in [-0.05, 0) is 43.8 Å². The molecule has 8 heteroatoms. The number of para-hydroxylation sites is 1. The molecule has 0 saturated carbocycles. The van der Waals surface area contributed by atoms with Crippen LogP contribution in [0.1, 0.15) is 59.0 Å². The fourth-order valence-electron chi connectivity index (χ4n) is 3.93. The van der Waals surface area contributed by atoms with E-state index in [2.05, 4.69) is 14.6 Å². The van der Waals surface area contributed by atoms with Gasteiger partial charge in [0.1, 0.15) is 11.5 Å². The van der Waals surface area contributed by atoms with E-state index in [1.807, 2.05) is 6.07 Å². The lowest BCUT2D eigenvalue weighted by Crippen LogP contribution is -2.30. The van der Waals surface area contributed by atoms with Crippen molar-refractivity contribution in [3.63, 3.8) is 0 Å². The van der Waals surface area contributed by atoms with E-state index in [0.717, 1.165) is 13.1 Å². The second kappa shape index (κ2) is 10.7. The van der Waals surface area contributed by atoms with Crippen LogP contribution in [-0.4, -0.2) is 39.1 Å². The van der Waals surface area contributed by atoms with Gasteiger partial charge in [0, 0.05) is 54.8 Å². The van der Waals surface area contributed by atoms with Gasteiger partial charge in [-0.3, -0.25) is 9.78 Å². The molecule has 3 aromatic rings. The maximum Gasteiger partial charge on any atom is 0.255 e. The largest absolute Gasteiger partial charge is 0.508 e. The topological polar surface area (TPSA) is 102 Å². The Labute approximate surface area is 197 Å². The summed E-state index contributed by atoms with van der Waals surface area (Å²) in [7, 11) is 0. The molecule has 1 aliphatic rings. The Morgan fingerprint density at radius 1 is 1.24 bits per heavy atom. The van der Waals surface area contributed by atoms with Crippen LogP contribution < -0.4 is 5.32 Å². The van der Waals surface area contributed by atoms with E-state index in [1.165, 1.54) is 19.3 Å². The monoisotopic (exact) mass is 464 g/mol. The van der Waals surface area contributed by atoms with Crippen LogP contribution in [0.2, 0.25) is 0 Å². The van der Waals surface area contributed by atoms with Crippen LogP contribution in [-0.2, 0) is 0 Å². The molecule has 33 heavy (non-hydrogen) atoms. The zero-order chi connectivity index (χ0) is 23.2. The van der Waals surface area contributed by atoms with Gasteiger partial charge in [0.25, 0.3) is 5.91 Å². The summed E-state index contributed by atoms with van der Waals surface area (Å²) in [5, 5.41) is 22.6. The highest BCUT2D eigenvalue weighted by atomic mass is 32.2. The number of aryl methyl sites for hydroxylation is 1. The number of rotatable bonds is 8. The van der Waals surface area contributed by atoms with Crippen molar-refractivity contribution >= 4 is 23.6 Å². The maximum absolute atomic E-state index is 13.2. The van der Waals surface area contributed by atoms with E-state index >= 15 is 0 Å². The summed E-state index contributed by atoms with van der Waals surface area (Å²) in [5.41, 5.74) is 2.01. The SMILES string of the molecule is Cc1oc(SN2CCCCC2)cc1C(=O)NC(CC(=N)c1cccnc1)c1ccccc1O. The second-order valence-electron chi connectivity index (χ2n) is 8.13. The summed E-state index contributed by atoms with van der Waals surface area (Å²) >= 11 is 1.55. The van der Waals surface area contributed by atoms with Crippen LogP contribution in [0.5, 0.6) is 5.75 Å². The highest BCUT2D eigenvalue weighted by Gasteiger charge is 2.24. The molecule has 0 radical (unpaired) electrons. The van der Waals surface area contributed by atoms with Gasteiger partial charge in [-0.25, -0.2) is 4.31 Å². The Bertz CT molecular complexity index is 1110. The first-order chi connectivity index (χ1) is 16.0. The van der Waals surface area contributed by atoms with Gasteiger partial charge in [0.2, 0.25) is 0 Å². The van der Waals surface area contributed by atoms with E-state index < -0.39 is 6.04 Å². The molecule has 1 fully saturated rings. The third-order valence-corrected chi connectivity index (χ3v) is 6.71. The lowest BCUT2D eigenvalue weighted by molar-refractivity contribution is 0.0936. The Kier molecular flexibility index (Phi) is 7.47. The summed E-state index contributed by atoms with van der Waals surface area (Å²) in [5.74, 6) is 0.325. The smallest absolute Gasteiger partial charge is 0.255 e. The molecule has 0 bridgehead atoms. The molecule has 172 valence electrons. The third kappa shape index (κ3) is 5.83. The van der Waals surface area contributed by atoms with Gasteiger partial charge in [-0.2, -0.15) is 0 Å². The normalized spacial score (nSPS) is 15.2. The predicted molar refractivity (Wildman–Crippen MR) is 129 cm³/mol. The van der Waals surface area contributed by atoms with Gasteiger partial charge in [0.15, 0.2) is 5.09 Å². The van der Waals surface area contributed by atoms with Gasteiger partial charge in [-0.1, -0.05) is 30.7 Å². The average molecular weight is 465 g/mol. The molecule has 0 aliphatic carbocycles. The van der Waals surface area contributed by atoms with Gasteiger partial charge in [0.05, 0.1) is 11.6 Å². The number of aromatic nitrogens is 1. The standard InChI is InChI=1S/C25H28N4O3S/c1-17-20(14-24(32-17)33-29-12-5-2-6-13-29)25(31)28-22(19-9-3-4-10-23(19)30)15-21(26)18-8-7-11-27-16-18/h3-4,7-11,14,16,22,26,30H,2,5-6,12-13,15H2,1H3,(H,28,31). The van der Waals surface area contributed by atoms with Crippen molar-refractivity contribution in [3.8, 4) is 5.75 Å². The van der Waals surface area contributed by atoms with Crippen LogP contribution in [0.25, 0.3) is 0 Å². The van der Waals surface area contributed by atoms with Crippen molar-refractivity contribution in [2.24, 2.45) is 0 Å². The third-order valence-electron chi connectivity index (χ3n) is 5.71. The van der Waals surface area contributed by atoms with E-state index in [-0.39, 0.29) is 18.1 Å². The van der Waals surface area contributed by atoms with E-state index in [9.17, 15) is 9.90 Å². The minimum Gasteiger partial charge on any atom is -0.508 e. The highest BCUT2D eigenvalue weighted by Crippen LogP contribution is 2.31. The zero-order valence-electron chi connectivity index (χ0n) is 18.6.